The first-order valence-electron chi connectivity index (χ1n) is 8.83. The van der Waals surface area contributed by atoms with Crippen LogP contribution in [0.5, 0.6) is 0 Å². The number of hydrogen-bond donors (Lipinski definition) is 1. The van der Waals surface area contributed by atoms with Gasteiger partial charge >= 0.3 is 0 Å². The molecule has 0 saturated heterocycles. The molecule has 0 aliphatic rings. The second-order valence-corrected chi connectivity index (χ2v) is 10.2. The highest BCUT2D eigenvalue weighted by molar-refractivity contribution is 9.10. The van der Waals surface area contributed by atoms with Gasteiger partial charge in [0.1, 0.15) is 5.82 Å². The van der Waals surface area contributed by atoms with Crippen molar-refractivity contribution >= 4 is 66.4 Å². The quantitative estimate of drug-likeness (QED) is 0.406. The van der Waals surface area contributed by atoms with Crippen LogP contribution in [0.2, 0.25) is 10.0 Å². The average molecular weight is 546 g/mol. The lowest BCUT2D eigenvalue weighted by molar-refractivity contribution is 0.102. The smallest absolute Gasteiger partial charge is 0.255 e. The molecular weight excluding hydrogens is 530 g/mol. The Kier molecular flexibility index (Phi) is 7.26. The van der Waals surface area contributed by atoms with Crippen LogP contribution in [0.3, 0.4) is 0 Å². The normalized spacial score (nSPS) is 11.3. The maximum atomic E-state index is 14.0. The fraction of sp³-hybridized carbons (Fsp3) is 0.0952. The van der Waals surface area contributed by atoms with E-state index in [-0.39, 0.29) is 17.8 Å². The van der Waals surface area contributed by atoms with Crippen LogP contribution in [0.1, 0.15) is 15.9 Å². The molecule has 0 heterocycles. The molecule has 0 aliphatic heterocycles. The van der Waals surface area contributed by atoms with Gasteiger partial charge in [-0.3, -0.25) is 9.10 Å². The SMILES string of the molecule is CS(=O)(=O)N(Cc1c(Cl)cccc1Cl)c1ccc(C(=O)Nc2ccc(Br)cc2F)cc1. The second-order valence-electron chi connectivity index (χ2n) is 6.60. The summed E-state index contributed by atoms with van der Waals surface area (Å²) in [6, 6.07) is 15.1. The Morgan fingerprint density at radius 1 is 1.06 bits per heavy atom. The predicted octanol–water partition coefficient (Wildman–Crippen LogP) is 6.11. The van der Waals surface area contributed by atoms with Crippen molar-refractivity contribution < 1.29 is 17.6 Å². The molecule has 0 atom stereocenters. The standard InChI is InChI=1S/C21H16BrCl2FN2O3S/c1-31(29,30)27(12-16-17(23)3-2-4-18(16)24)15-8-5-13(6-9-15)21(28)26-20-10-7-14(22)11-19(20)25/h2-11H,12H2,1H3,(H,26,28). The minimum Gasteiger partial charge on any atom is -0.319 e. The van der Waals surface area contributed by atoms with E-state index in [0.717, 1.165) is 10.6 Å². The molecular formula is C21H16BrCl2FN2O3S. The summed E-state index contributed by atoms with van der Waals surface area (Å²) in [7, 11) is -3.68. The Morgan fingerprint density at radius 2 is 1.68 bits per heavy atom. The summed E-state index contributed by atoms with van der Waals surface area (Å²) in [6.07, 6.45) is 1.06. The van der Waals surface area contributed by atoms with Crippen LogP contribution in [0.25, 0.3) is 0 Å². The average Bonchev–Trinajstić information content (AvgIpc) is 2.69. The van der Waals surface area contributed by atoms with E-state index in [1.807, 2.05) is 0 Å². The molecule has 3 rings (SSSR count). The number of carbonyl (C=O) groups excluding carboxylic acids is 1. The zero-order chi connectivity index (χ0) is 22.8. The van der Waals surface area contributed by atoms with Crippen molar-refractivity contribution in [2.45, 2.75) is 6.54 Å². The predicted molar refractivity (Wildman–Crippen MR) is 126 cm³/mol. The highest BCUT2D eigenvalue weighted by atomic mass is 79.9. The van der Waals surface area contributed by atoms with Gasteiger partial charge in [0.2, 0.25) is 10.0 Å². The van der Waals surface area contributed by atoms with E-state index in [0.29, 0.717) is 25.8 Å². The number of halogens is 4. The summed E-state index contributed by atoms with van der Waals surface area (Å²) in [6.45, 7) is -0.0764. The van der Waals surface area contributed by atoms with Gasteiger partial charge in [-0.15, -0.1) is 0 Å². The lowest BCUT2D eigenvalue weighted by Crippen LogP contribution is -2.29. The van der Waals surface area contributed by atoms with Gasteiger partial charge in [-0.25, -0.2) is 12.8 Å². The van der Waals surface area contributed by atoms with Gasteiger partial charge in [0.25, 0.3) is 5.91 Å². The lowest BCUT2D eigenvalue weighted by atomic mass is 10.1. The first-order valence-corrected chi connectivity index (χ1v) is 12.2. The van der Waals surface area contributed by atoms with Gasteiger partial charge in [-0.05, 0) is 54.6 Å². The third-order valence-electron chi connectivity index (χ3n) is 4.36. The van der Waals surface area contributed by atoms with E-state index < -0.39 is 21.7 Å². The van der Waals surface area contributed by atoms with E-state index in [1.165, 1.54) is 36.4 Å². The van der Waals surface area contributed by atoms with Crippen LogP contribution >= 0.6 is 39.1 Å². The maximum absolute atomic E-state index is 14.0. The van der Waals surface area contributed by atoms with Crippen molar-refractivity contribution in [1.29, 1.82) is 0 Å². The molecule has 31 heavy (non-hydrogen) atoms. The molecule has 162 valence electrons. The summed E-state index contributed by atoms with van der Waals surface area (Å²) in [5.74, 6) is -1.12. The number of anilines is 2. The van der Waals surface area contributed by atoms with Crippen molar-refractivity contribution in [2.24, 2.45) is 0 Å². The van der Waals surface area contributed by atoms with Crippen molar-refractivity contribution in [3.8, 4) is 0 Å². The molecule has 1 amide bonds. The largest absolute Gasteiger partial charge is 0.319 e. The monoisotopic (exact) mass is 544 g/mol. The highest BCUT2D eigenvalue weighted by Crippen LogP contribution is 2.29. The molecule has 0 unspecified atom stereocenters. The third-order valence-corrected chi connectivity index (χ3v) is 6.70. The Bertz CT molecular complexity index is 1220. The lowest BCUT2D eigenvalue weighted by Gasteiger charge is -2.23. The molecule has 0 aliphatic carbocycles. The topological polar surface area (TPSA) is 66.5 Å². The van der Waals surface area contributed by atoms with Crippen LogP contribution in [0.4, 0.5) is 15.8 Å². The summed E-state index contributed by atoms with van der Waals surface area (Å²) in [5.41, 5.74) is 1.05. The van der Waals surface area contributed by atoms with E-state index in [9.17, 15) is 17.6 Å². The van der Waals surface area contributed by atoms with Gasteiger partial charge in [-0.1, -0.05) is 45.2 Å². The van der Waals surface area contributed by atoms with Gasteiger partial charge in [0.15, 0.2) is 0 Å². The molecule has 0 fully saturated rings. The van der Waals surface area contributed by atoms with Gasteiger partial charge in [0.05, 0.1) is 24.2 Å². The Hall–Kier alpha value is -2.13. The molecule has 0 saturated carbocycles. The minimum atomic E-state index is -3.68. The van der Waals surface area contributed by atoms with E-state index in [1.54, 1.807) is 24.3 Å². The summed E-state index contributed by atoms with van der Waals surface area (Å²) >= 11 is 15.5. The number of sulfonamides is 1. The number of benzene rings is 3. The van der Waals surface area contributed by atoms with E-state index in [2.05, 4.69) is 21.2 Å². The number of carbonyl (C=O) groups is 1. The Balaban J connectivity index is 1.85. The third kappa shape index (κ3) is 5.77. The van der Waals surface area contributed by atoms with E-state index >= 15 is 0 Å². The van der Waals surface area contributed by atoms with Crippen LogP contribution < -0.4 is 9.62 Å². The number of hydrogen-bond acceptors (Lipinski definition) is 3. The van der Waals surface area contributed by atoms with Crippen molar-refractivity contribution in [1.82, 2.24) is 0 Å². The zero-order valence-corrected chi connectivity index (χ0v) is 20.0. The fourth-order valence-electron chi connectivity index (χ4n) is 2.79. The molecule has 0 aromatic heterocycles. The molecule has 5 nitrogen and oxygen atoms in total. The van der Waals surface area contributed by atoms with Crippen LogP contribution in [-0.4, -0.2) is 20.6 Å². The molecule has 1 N–H and O–H groups in total. The number of nitrogens with one attached hydrogen (secondary N) is 1. The van der Waals surface area contributed by atoms with Gasteiger partial charge in [-0.2, -0.15) is 0 Å². The van der Waals surface area contributed by atoms with Crippen LogP contribution in [-0.2, 0) is 16.6 Å². The molecule has 0 spiro atoms. The van der Waals surface area contributed by atoms with Crippen molar-refractivity contribution in [3.63, 3.8) is 0 Å². The Labute approximate surface area is 198 Å². The first kappa shape index (κ1) is 23.5. The summed E-state index contributed by atoms with van der Waals surface area (Å²) in [5, 5.41) is 3.17. The number of rotatable bonds is 6. The maximum Gasteiger partial charge on any atom is 0.255 e. The molecule has 0 radical (unpaired) electrons. The highest BCUT2D eigenvalue weighted by Gasteiger charge is 2.21. The summed E-state index contributed by atoms with van der Waals surface area (Å²) in [4.78, 5) is 12.5. The molecule has 10 heteroatoms. The molecule has 3 aromatic rings. The fourth-order valence-corrected chi connectivity index (χ4v) is 4.51. The zero-order valence-electron chi connectivity index (χ0n) is 16.1. The first-order chi connectivity index (χ1) is 14.6. The van der Waals surface area contributed by atoms with E-state index in [4.69, 9.17) is 23.2 Å². The van der Waals surface area contributed by atoms with Crippen molar-refractivity contribution in [2.75, 3.05) is 15.9 Å². The van der Waals surface area contributed by atoms with Crippen LogP contribution in [0.15, 0.2) is 65.1 Å². The molecule has 3 aromatic carbocycles. The van der Waals surface area contributed by atoms with Gasteiger partial charge < -0.3 is 5.32 Å². The summed E-state index contributed by atoms with van der Waals surface area (Å²) < 4.78 is 40.4. The van der Waals surface area contributed by atoms with Crippen LogP contribution in [0, 0.1) is 5.82 Å². The van der Waals surface area contributed by atoms with Crippen molar-refractivity contribution in [3.05, 3.63) is 92.1 Å². The Morgan fingerprint density at radius 3 is 2.23 bits per heavy atom. The second kappa shape index (κ2) is 9.56. The number of nitrogens with zero attached hydrogens (tertiary/aromatic N) is 1. The minimum absolute atomic E-state index is 0.0309. The van der Waals surface area contributed by atoms with Gasteiger partial charge in [0, 0.05) is 25.6 Å². The molecule has 0 bridgehead atoms. The number of amides is 1.